The fraction of sp³-hybridized carbons (Fsp3) is 0.294. The molecular weight excluding hydrogens is 234 g/mol. The average Bonchev–Trinajstić information content (AvgIpc) is 2.81. The maximum atomic E-state index is 5.32. The van der Waals surface area contributed by atoms with Crippen molar-refractivity contribution in [3.8, 4) is 5.75 Å². The van der Waals surface area contributed by atoms with E-state index in [-0.39, 0.29) is 0 Å². The van der Waals surface area contributed by atoms with Gasteiger partial charge >= 0.3 is 0 Å². The molecule has 0 saturated carbocycles. The lowest BCUT2D eigenvalue weighted by molar-refractivity contribution is 0.411. The van der Waals surface area contributed by atoms with Gasteiger partial charge in [-0.3, -0.25) is 0 Å². The van der Waals surface area contributed by atoms with Crippen molar-refractivity contribution < 1.29 is 4.74 Å². The average molecular weight is 253 g/mol. The van der Waals surface area contributed by atoms with Crippen LogP contribution in [0, 0.1) is 13.8 Å². The first-order chi connectivity index (χ1) is 9.17. The molecule has 2 aromatic rings. The third-order valence-corrected chi connectivity index (χ3v) is 3.84. The van der Waals surface area contributed by atoms with Gasteiger partial charge in [0.2, 0.25) is 0 Å². The first-order valence-corrected chi connectivity index (χ1v) is 6.68. The summed E-state index contributed by atoms with van der Waals surface area (Å²) in [6, 6.07) is 13.4. The molecule has 98 valence electrons. The smallest absolute Gasteiger partial charge is 0.121 e. The monoisotopic (exact) mass is 253 g/mol. The molecule has 0 radical (unpaired) electrons. The summed E-state index contributed by atoms with van der Waals surface area (Å²) in [5.74, 6) is 0.954. The summed E-state index contributed by atoms with van der Waals surface area (Å²) in [6.07, 6.45) is 1.06. The number of benzene rings is 2. The van der Waals surface area contributed by atoms with Gasteiger partial charge in [-0.05, 0) is 49.1 Å². The predicted octanol–water partition coefficient (Wildman–Crippen LogP) is 4.02. The van der Waals surface area contributed by atoms with Crippen molar-refractivity contribution in [1.29, 1.82) is 0 Å². The van der Waals surface area contributed by atoms with Gasteiger partial charge in [0, 0.05) is 5.69 Å². The van der Waals surface area contributed by atoms with Gasteiger partial charge in [0.1, 0.15) is 5.75 Å². The van der Waals surface area contributed by atoms with E-state index >= 15 is 0 Å². The largest absolute Gasteiger partial charge is 0.496 e. The van der Waals surface area contributed by atoms with E-state index in [1.807, 2.05) is 0 Å². The molecule has 2 heteroatoms. The summed E-state index contributed by atoms with van der Waals surface area (Å²) in [5.41, 5.74) is 6.52. The number of aryl methyl sites for hydroxylation is 2. The van der Waals surface area contributed by atoms with E-state index in [1.54, 1.807) is 7.11 Å². The van der Waals surface area contributed by atoms with Crippen LogP contribution in [-0.4, -0.2) is 7.11 Å². The van der Waals surface area contributed by atoms with Crippen molar-refractivity contribution in [2.24, 2.45) is 0 Å². The van der Waals surface area contributed by atoms with Crippen LogP contribution in [0.25, 0.3) is 0 Å². The topological polar surface area (TPSA) is 21.3 Å². The van der Waals surface area contributed by atoms with Crippen molar-refractivity contribution in [3.05, 3.63) is 58.7 Å². The van der Waals surface area contributed by atoms with Crippen LogP contribution in [0.4, 0.5) is 5.69 Å². The zero-order valence-electron chi connectivity index (χ0n) is 11.7. The van der Waals surface area contributed by atoms with Gasteiger partial charge < -0.3 is 10.1 Å². The molecule has 0 aromatic heterocycles. The molecule has 0 aliphatic carbocycles. The van der Waals surface area contributed by atoms with Crippen LogP contribution < -0.4 is 10.1 Å². The Kier molecular flexibility index (Phi) is 2.94. The van der Waals surface area contributed by atoms with E-state index in [4.69, 9.17) is 4.74 Å². The SMILES string of the molecule is COc1ccc(C2Cc3cc(C)ccc3N2)cc1C. The molecule has 0 bridgehead atoms. The normalized spacial score (nSPS) is 16.9. The molecule has 1 aliphatic heterocycles. The van der Waals surface area contributed by atoms with Gasteiger partial charge in [-0.25, -0.2) is 0 Å². The molecule has 1 aliphatic rings. The number of nitrogens with one attached hydrogen (secondary N) is 1. The summed E-state index contributed by atoms with van der Waals surface area (Å²) >= 11 is 0. The van der Waals surface area contributed by atoms with Crippen LogP contribution in [0.5, 0.6) is 5.75 Å². The lowest BCUT2D eigenvalue weighted by Crippen LogP contribution is -2.06. The first kappa shape index (κ1) is 12.1. The lowest BCUT2D eigenvalue weighted by Gasteiger charge is -2.14. The van der Waals surface area contributed by atoms with Crippen molar-refractivity contribution in [2.45, 2.75) is 26.3 Å². The Morgan fingerprint density at radius 1 is 1.11 bits per heavy atom. The molecule has 1 N–H and O–H groups in total. The number of hydrogen-bond donors (Lipinski definition) is 1. The minimum absolute atomic E-state index is 0.376. The Morgan fingerprint density at radius 2 is 1.95 bits per heavy atom. The molecule has 1 unspecified atom stereocenters. The van der Waals surface area contributed by atoms with Crippen LogP contribution in [0.3, 0.4) is 0 Å². The van der Waals surface area contributed by atoms with Crippen LogP contribution in [0.2, 0.25) is 0 Å². The Morgan fingerprint density at radius 3 is 2.68 bits per heavy atom. The van der Waals surface area contributed by atoms with E-state index in [0.29, 0.717) is 6.04 Å². The molecule has 1 heterocycles. The fourth-order valence-corrected chi connectivity index (χ4v) is 2.81. The third kappa shape index (κ3) is 2.19. The van der Waals surface area contributed by atoms with E-state index < -0.39 is 0 Å². The maximum Gasteiger partial charge on any atom is 0.121 e. The highest BCUT2D eigenvalue weighted by Crippen LogP contribution is 2.35. The van der Waals surface area contributed by atoms with Crippen molar-refractivity contribution in [2.75, 3.05) is 12.4 Å². The second-order valence-electron chi connectivity index (χ2n) is 5.29. The van der Waals surface area contributed by atoms with E-state index in [2.05, 4.69) is 55.6 Å². The zero-order chi connectivity index (χ0) is 13.4. The summed E-state index contributed by atoms with van der Waals surface area (Å²) in [4.78, 5) is 0. The standard InChI is InChI=1S/C17H19NO/c1-11-4-6-15-14(8-11)10-16(18-15)13-5-7-17(19-3)12(2)9-13/h4-9,16,18H,10H2,1-3H3. The molecule has 0 spiro atoms. The summed E-state index contributed by atoms with van der Waals surface area (Å²) in [6.45, 7) is 4.24. The Balaban J connectivity index is 1.88. The second kappa shape index (κ2) is 4.61. The molecule has 1 atom stereocenters. The van der Waals surface area contributed by atoms with Gasteiger partial charge in [0.25, 0.3) is 0 Å². The predicted molar refractivity (Wildman–Crippen MR) is 79.0 cm³/mol. The minimum Gasteiger partial charge on any atom is -0.496 e. The molecule has 19 heavy (non-hydrogen) atoms. The van der Waals surface area contributed by atoms with Gasteiger partial charge in [-0.15, -0.1) is 0 Å². The number of rotatable bonds is 2. The number of anilines is 1. The van der Waals surface area contributed by atoms with Crippen molar-refractivity contribution in [1.82, 2.24) is 0 Å². The molecule has 2 aromatic carbocycles. The van der Waals surface area contributed by atoms with Crippen LogP contribution in [0.15, 0.2) is 36.4 Å². The zero-order valence-corrected chi connectivity index (χ0v) is 11.7. The summed E-state index contributed by atoms with van der Waals surface area (Å²) in [5, 5.41) is 3.60. The first-order valence-electron chi connectivity index (χ1n) is 6.68. The van der Waals surface area contributed by atoms with Gasteiger partial charge in [-0.1, -0.05) is 29.8 Å². The van der Waals surface area contributed by atoms with Gasteiger partial charge in [0.05, 0.1) is 13.2 Å². The fourth-order valence-electron chi connectivity index (χ4n) is 2.81. The number of ether oxygens (including phenoxy) is 1. The molecule has 2 nitrogen and oxygen atoms in total. The van der Waals surface area contributed by atoms with E-state index in [1.165, 1.54) is 27.9 Å². The maximum absolute atomic E-state index is 5.32. The van der Waals surface area contributed by atoms with Crippen molar-refractivity contribution in [3.63, 3.8) is 0 Å². The number of methoxy groups -OCH3 is 1. The van der Waals surface area contributed by atoms with Gasteiger partial charge in [-0.2, -0.15) is 0 Å². The van der Waals surface area contributed by atoms with E-state index in [0.717, 1.165) is 12.2 Å². The third-order valence-electron chi connectivity index (χ3n) is 3.84. The van der Waals surface area contributed by atoms with Crippen LogP contribution >= 0.6 is 0 Å². The Bertz CT molecular complexity index is 619. The Labute approximate surface area is 114 Å². The second-order valence-corrected chi connectivity index (χ2v) is 5.29. The Hall–Kier alpha value is -1.96. The van der Waals surface area contributed by atoms with Crippen molar-refractivity contribution >= 4 is 5.69 Å². The highest BCUT2D eigenvalue weighted by atomic mass is 16.5. The molecule has 0 fully saturated rings. The summed E-state index contributed by atoms with van der Waals surface area (Å²) in [7, 11) is 1.72. The van der Waals surface area contributed by atoms with Gasteiger partial charge in [0.15, 0.2) is 0 Å². The molecular formula is C17H19NO. The molecule has 0 amide bonds. The summed E-state index contributed by atoms with van der Waals surface area (Å²) < 4.78 is 5.32. The highest BCUT2D eigenvalue weighted by molar-refractivity contribution is 5.59. The van der Waals surface area contributed by atoms with Crippen LogP contribution in [-0.2, 0) is 6.42 Å². The highest BCUT2D eigenvalue weighted by Gasteiger charge is 2.22. The quantitative estimate of drug-likeness (QED) is 0.872. The van der Waals surface area contributed by atoms with E-state index in [9.17, 15) is 0 Å². The lowest BCUT2D eigenvalue weighted by atomic mass is 10.00. The molecule has 0 saturated heterocycles. The number of hydrogen-bond acceptors (Lipinski definition) is 2. The number of fused-ring (bicyclic) bond motifs is 1. The molecule has 3 rings (SSSR count). The van der Waals surface area contributed by atoms with Crippen LogP contribution in [0.1, 0.15) is 28.3 Å². The minimum atomic E-state index is 0.376.